The summed E-state index contributed by atoms with van der Waals surface area (Å²) in [6, 6.07) is 30.2. The van der Waals surface area contributed by atoms with E-state index in [0.29, 0.717) is 5.11 Å². The van der Waals surface area contributed by atoms with Gasteiger partial charge in [-0.1, -0.05) is 54.6 Å². The lowest BCUT2D eigenvalue weighted by molar-refractivity contribution is 1.35. The Bertz CT molecular complexity index is 688. The van der Waals surface area contributed by atoms with Crippen molar-refractivity contribution in [1.82, 2.24) is 0 Å². The van der Waals surface area contributed by atoms with Crippen LogP contribution in [0.15, 0.2) is 91.0 Å². The first-order valence-electron chi connectivity index (χ1n) is 7.11. The summed E-state index contributed by atoms with van der Waals surface area (Å²) in [4.78, 5) is 2.03. The predicted molar refractivity (Wildman–Crippen MR) is 97.7 cm³/mol. The molecule has 1 N–H and O–H groups in total. The van der Waals surface area contributed by atoms with E-state index in [4.69, 9.17) is 12.2 Å². The van der Waals surface area contributed by atoms with Gasteiger partial charge in [0.1, 0.15) is 0 Å². The molecule has 2 nitrogen and oxygen atoms in total. The number of thiocarbonyl (C=S) groups is 1. The molecule has 0 amide bonds. The zero-order chi connectivity index (χ0) is 15.2. The van der Waals surface area contributed by atoms with Crippen LogP contribution in [0.2, 0.25) is 0 Å². The molecule has 3 heteroatoms. The lowest BCUT2D eigenvalue weighted by Crippen LogP contribution is -2.30. The van der Waals surface area contributed by atoms with Gasteiger partial charge in [0.05, 0.1) is 0 Å². The number of anilines is 3. The van der Waals surface area contributed by atoms with Crippen molar-refractivity contribution in [3.8, 4) is 0 Å². The zero-order valence-electron chi connectivity index (χ0n) is 12.0. The van der Waals surface area contributed by atoms with E-state index < -0.39 is 0 Å². The molecular formula is C19H16N2S. The highest BCUT2D eigenvalue weighted by atomic mass is 32.1. The number of hydrogen-bond donors (Lipinski definition) is 1. The molecule has 0 bridgehead atoms. The molecular weight excluding hydrogens is 288 g/mol. The zero-order valence-corrected chi connectivity index (χ0v) is 12.8. The monoisotopic (exact) mass is 304 g/mol. The molecule has 3 rings (SSSR count). The van der Waals surface area contributed by atoms with Crippen LogP contribution in [0.3, 0.4) is 0 Å². The molecule has 0 aliphatic carbocycles. The van der Waals surface area contributed by atoms with E-state index >= 15 is 0 Å². The first kappa shape index (κ1) is 14.3. The normalized spacial score (nSPS) is 10.0. The van der Waals surface area contributed by atoms with Crippen molar-refractivity contribution in [3.63, 3.8) is 0 Å². The Kier molecular flexibility index (Phi) is 4.47. The van der Waals surface area contributed by atoms with Crippen molar-refractivity contribution in [1.29, 1.82) is 0 Å². The van der Waals surface area contributed by atoms with Gasteiger partial charge in [0.15, 0.2) is 5.11 Å². The van der Waals surface area contributed by atoms with Crippen LogP contribution < -0.4 is 10.2 Å². The summed E-state index contributed by atoms with van der Waals surface area (Å²) < 4.78 is 0. The Morgan fingerprint density at radius 3 is 1.50 bits per heavy atom. The van der Waals surface area contributed by atoms with E-state index in [1.807, 2.05) is 95.9 Å². The predicted octanol–water partition coefficient (Wildman–Crippen LogP) is 5.22. The minimum Gasteiger partial charge on any atom is -0.332 e. The number of hydrogen-bond acceptors (Lipinski definition) is 1. The summed E-state index contributed by atoms with van der Waals surface area (Å²) in [6.45, 7) is 0. The first-order valence-corrected chi connectivity index (χ1v) is 7.52. The smallest absolute Gasteiger partial charge is 0.182 e. The second-order valence-corrected chi connectivity index (χ2v) is 5.19. The Labute approximate surface area is 136 Å². The van der Waals surface area contributed by atoms with Crippen LogP contribution in [0.1, 0.15) is 0 Å². The van der Waals surface area contributed by atoms with Crippen molar-refractivity contribution in [2.45, 2.75) is 0 Å². The lowest BCUT2D eigenvalue weighted by Gasteiger charge is -2.26. The quantitative estimate of drug-likeness (QED) is 0.668. The fourth-order valence-corrected chi connectivity index (χ4v) is 2.57. The van der Waals surface area contributed by atoms with E-state index in [-0.39, 0.29) is 0 Å². The third-order valence-corrected chi connectivity index (χ3v) is 3.54. The van der Waals surface area contributed by atoms with Gasteiger partial charge in [-0.25, -0.2) is 0 Å². The molecule has 0 spiro atoms. The van der Waals surface area contributed by atoms with E-state index in [1.165, 1.54) is 0 Å². The van der Waals surface area contributed by atoms with Gasteiger partial charge in [-0.3, -0.25) is 4.90 Å². The number of benzene rings is 3. The Hall–Kier alpha value is -2.65. The number of nitrogens with zero attached hydrogens (tertiary/aromatic N) is 1. The van der Waals surface area contributed by atoms with Crippen LogP contribution in [-0.2, 0) is 0 Å². The van der Waals surface area contributed by atoms with E-state index in [0.717, 1.165) is 17.1 Å². The Balaban J connectivity index is 1.94. The molecule has 0 radical (unpaired) electrons. The fraction of sp³-hybridized carbons (Fsp3) is 0. The van der Waals surface area contributed by atoms with E-state index in [9.17, 15) is 0 Å². The molecule has 0 aromatic heterocycles. The summed E-state index contributed by atoms with van der Waals surface area (Å²) in [6.07, 6.45) is 0. The first-order chi connectivity index (χ1) is 10.8. The third-order valence-electron chi connectivity index (χ3n) is 3.26. The maximum absolute atomic E-state index is 5.64. The van der Waals surface area contributed by atoms with Crippen molar-refractivity contribution in [2.24, 2.45) is 0 Å². The molecule has 3 aromatic carbocycles. The van der Waals surface area contributed by atoms with Gasteiger partial charge >= 0.3 is 0 Å². The summed E-state index contributed by atoms with van der Waals surface area (Å²) in [5, 5.41) is 3.94. The number of para-hydroxylation sites is 3. The van der Waals surface area contributed by atoms with Gasteiger partial charge in [-0.05, 0) is 48.6 Å². The van der Waals surface area contributed by atoms with E-state index in [1.54, 1.807) is 0 Å². The van der Waals surface area contributed by atoms with Gasteiger partial charge < -0.3 is 5.32 Å². The highest BCUT2D eigenvalue weighted by molar-refractivity contribution is 7.80. The molecule has 0 heterocycles. The van der Waals surface area contributed by atoms with Gasteiger partial charge in [-0.15, -0.1) is 0 Å². The summed E-state index contributed by atoms with van der Waals surface area (Å²) in [7, 11) is 0. The second kappa shape index (κ2) is 6.87. The van der Waals surface area contributed by atoms with Gasteiger partial charge in [-0.2, -0.15) is 0 Å². The Morgan fingerprint density at radius 2 is 1.05 bits per heavy atom. The average Bonchev–Trinajstić information content (AvgIpc) is 2.58. The van der Waals surface area contributed by atoms with Crippen molar-refractivity contribution < 1.29 is 0 Å². The summed E-state index contributed by atoms with van der Waals surface area (Å²) in [5.74, 6) is 0. The van der Waals surface area contributed by atoms with Crippen LogP contribution in [0.5, 0.6) is 0 Å². The molecule has 0 saturated carbocycles. The minimum atomic E-state index is 0.642. The highest BCUT2D eigenvalue weighted by Crippen LogP contribution is 2.26. The summed E-state index contributed by atoms with van der Waals surface area (Å²) in [5.41, 5.74) is 3.04. The number of nitrogens with one attached hydrogen (secondary N) is 1. The molecule has 22 heavy (non-hydrogen) atoms. The van der Waals surface area contributed by atoms with Crippen LogP contribution >= 0.6 is 12.2 Å². The average molecular weight is 304 g/mol. The SMILES string of the molecule is S=C(Nc1ccccc1)N(c1ccccc1)c1ccccc1. The van der Waals surface area contributed by atoms with Crippen LogP contribution in [0.4, 0.5) is 17.1 Å². The maximum Gasteiger partial charge on any atom is 0.182 e. The molecule has 0 aliphatic heterocycles. The van der Waals surface area contributed by atoms with Gasteiger partial charge in [0, 0.05) is 17.1 Å². The number of rotatable bonds is 3. The largest absolute Gasteiger partial charge is 0.332 e. The van der Waals surface area contributed by atoms with Crippen molar-refractivity contribution >= 4 is 34.4 Å². The fourth-order valence-electron chi connectivity index (χ4n) is 2.24. The van der Waals surface area contributed by atoms with Crippen molar-refractivity contribution in [2.75, 3.05) is 10.2 Å². The Morgan fingerprint density at radius 1 is 0.636 bits per heavy atom. The molecule has 0 unspecified atom stereocenters. The molecule has 0 aliphatic rings. The second-order valence-electron chi connectivity index (χ2n) is 4.80. The highest BCUT2D eigenvalue weighted by Gasteiger charge is 2.14. The van der Waals surface area contributed by atoms with Gasteiger partial charge in [0.2, 0.25) is 0 Å². The lowest BCUT2D eigenvalue weighted by atomic mass is 10.2. The standard InChI is InChI=1S/C19H16N2S/c22-19(20-16-10-4-1-5-11-16)21(17-12-6-2-7-13-17)18-14-8-3-9-15-18/h1-15H,(H,20,22). The molecule has 3 aromatic rings. The van der Waals surface area contributed by atoms with Crippen LogP contribution in [0, 0.1) is 0 Å². The van der Waals surface area contributed by atoms with Gasteiger partial charge in [0.25, 0.3) is 0 Å². The van der Waals surface area contributed by atoms with Crippen LogP contribution in [0.25, 0.3) is 0 Å². The molecule has 0 fully saturated rings. The molecule has 0 atom stereocenters. The van der Waals surface area contributed by atoms with Crippen molar-refractivity contribution in [3.05, 3.63) is 91.0 Å². The minimum absolute atomic E-state index is 0.642. The third kappa shape index (κ3) is 3.32. The van der Waals surface area contributed by atoms with E-state index in [2.05, 4.69) is 5.32 Å². The maximum atomic E-state index is 5.64. The molecule has 108 valence electrons. The topological polar surface area (TPSA) is 15.3 Å². The summed E-state index contributed by atoms with van der Waals surface area (Å²) >= 11 is 5.64. The van der Waals surface area contributed by atoms with Crippen LogP contribution in [-0.4, -0.2) is 5.11 Å². The molecule has 0 saturated heterocycles.